The molecule has 0 bridgehead atoms. The van der Waals surface area contributed by atoms with Crippen LogP contribution in [0.25, 0.3) is 0 Å². The summed E-state index contributed by atoms with van der Waals surface area (Å²) in [7, 11) is 0. The Kier molecular flexibility index (Phi) is 15.1. The third kappa shape index (κ3) is 7.48. The molecule has 0 saturated carbocycles. The van der Waals surface area contributed by atoms with E-state index < -0.39 is 0 Å². The minimum absolute atomic E-state index is 0.390. The van der Waals surface area contributed by atoms with Crippen LogP contribution in [0.3, 0.4) is 0 Å². The molecule has 1 rings (SSSR count). The maximum absolute atomic E-state index is 5.40. The van der Waals surface area contributed by atoms with Crippen molar-refractivity contribution in [3.05, 3.63) is 24.3 Å². The fraction of sp³-hybridized carbons (Fsp3) is 0.556. The molecule has 70 valence electrons. The second-order valence-corrected chi connectivity index (χ2v) is 1.57. The smallest absolute Gasteiger partial charge is 0.142 e. The van der Waals surface area contributed by atoms with Crippen molar-refractivity contribution >= 4 is 11.6 Å². The van der Waals surface area contributed by atoms with Gasteiger partial charge in [0.25, 0.3) is 0 Å². The lowest BCUT2D eigenvalue weighted by Crippen LogP contribution is -1.85. The Bertz CT molecular complexity index is 154. The van der Waals surface area contributed by atoms with Crippen molar-refractivity contribution in [3.8, 4) is 0 Å². The van der Waals surface area contributed by atoms with Crippen LogP contribution in [0.15, 0.2) is 18.5 Å². The molecule has 0 saturated heterocycles. The molecular formula is C9H17ClN2. The minimum Gasteiger partial charge on any atom is -0.240 e. The van der Waals surface area contributed by atoms with Crippen molar-refractivity contribution in [1.29, 1.82) is 0 Å². The molecule has 0 spiro atoms. The Labute approximate surface area is 80.0 Å². The van der Waals surface area contributed by atoms with Gasteiger partial charge in [0.2, 0.25) is 0 Å². The van der Waals surface area contributed by atoms with E-state index in [1.165, 1.54) is 0 Å². The van der Waals surface area contributed by atoms with E-state index in [0.717, 1.165) is 0 Å². The van der Waals surface area contributed by atoms with Gasteiger partial charge >= 0.3 is 0 Å². The molecule has 0 fully saturated rings. The SMILES string of the molecule is CC.CC.ClCc1ncccn1. The van der Waals surface area contributed by atoms with Crippen LogP contribution >= 0.6 is 11.6 Å². The number of aromatic nitrogens is 2. The van der Waals surface area contributed by atoms with Crippen molar-refractivity contribution < 1.29 is 0 Å². The average molecular weight is 189 g/mol. The second-order valence-electron chi connectivity index (χ2n) is 1.30. The number of hydrogen-bond acceptors (Lipinski definition) is 2. The van der Waals surface area contributed by atoms with Gasteiger partial charge in [0.05, 0.1) is 5.88 Å². The quantitative estimate of drug-likeness (QED) is 0.633. The number of hydrogen-bond donors (Lipinski definition) is 0. The zero-order chi connectivity index (χ0) is 9.82. The highest BCUT2D eigenvalue weighted by molar-refractivity contribution is 6.16. The predicted molar refractivity (Wildman–Crippen MR) is 54.3 cm³/mol. The molecule has 0 aromatic carbocycles. The van der Waals surface area contributed by atoms with E-state index in [1.54, 1.807) is 18.5 Å². The van der Waals surface area contributed by atoms with E-state index in [-0.39, 0.29) is 0 Å². The molecule has 2 nitrogen and oxygen atoms in total. The zero-order valence-corrected chi connectivity index (χ0v) is 8.97. The van der Waals surface area contributed by atoms with Gasteiger partial charge in [0, 0.05) is 12.4 Å². The first-order chi connectivity index (χ1) is 5.93. The van der Waals surface area contributed by atoms with Crippen molar-refractivity contribution in [2.24, 2.45) is 0 Å². The monoisotopic (exact) mass is 188 g/mol. The van der Waals surface area contributed by atoms with Crippen molar-refractivity contribution in [2.45, 2.75) is 33.6 Å². The van der Waals surface area contributed by atoms with Gasteiger partial charge in [-0.2, -0.15) is 0 Å². The van der Waals surface area contributed by atoms with Gasteiger partial charge in [-0.15, -0.1) is 11.6 Å². The van der Waals surface area contributed by atoms with E-state index in [4.69, 9.17) is 11.6 Å². The average Bonchev–Trinajstić information content (AvgIpc) is 2.25. The molecule has 0 aliphatic rings. The molecule has 0 aliphatic carbocycles. The van der Waals surface area contributed by atoms with Crippen molar-refractivity contribution in [2.75, 3.05) is 0 Å². The summed E-state index contributed by atoms with van der Waals surface area (Å²) in [6.45, 7) is 8.00. The first kappa shape index (κ1) is 13.9. The molecule has 0 aliphatic heterocycles. The Morgan fingerprint density at radius 1 is 1.08 bits per heavy atom. The first-order valence-electron chi connectivity index (χ1n) is 4.25. The van der Waals surface area contributed by atoms with Crippen LogP contribution in [0.1, 0.15) is 33.5 Å². The number of alkyl halides is 1. The number of rotatable bonds is 1. The number of halogens is 1. The van der Waals surface area contributed by atoms with Gasteiger partial charge in [0.15, 0.2) is 0 Å². The molecule has 1 heterocycles. The molecule has 0 unspecified atom stereocenters. The van der Waals surface area contributed by atoms with Gasteiger partial charge < -0.3 is 0 Å². The number of nitrogens with zero attached hydrogens (tertiary/aromatic N) is 2. The molecule has 3 heteroatoms. The van der Waals surface area contributed by atoms with Crippen LogP contribution in [0.2, 0.25) is 0 Å². The van der Waals surface area contributed by atoms with Gasteiger partial charge in [-0.3, -0.25) is 0 Å². The zero-order valence-electron chi connectivity index (χ0n) is 8.21. The van der Waals surface area contributed by atoms with Gasteiger partial charge in [0.1, 0.15) is 5.82 Å². The first-order valence-corrected chi connectivity index (χ1v) is 4.79. The molecule has 0 amide bonds. The van der Waals surface area contributed by atoms with Crippen LogP contribution < -0.4 is 0 Å². The normalized spacial score (nSPS) is 7.08. The second kappa shape index (κ2) is 13.0. The Morgan fingerprint density at radius 3 is 1.75 bits per heavy atom. The highest BCUT2D eigenvalue weighted by Gasteiger charge is 1.85. The summed E-state index contributed by atoms with van der Waals surface area (Å²) < 4.78 is 0. The predicted octanol–water partition coefficient (Wildman–Crippen LogP) is 3.27. The van der Waals surface area contributed by atoms with Crippen LogP contribution in [-0.2, 0) is 5.88 Å². The minimum atomic E-state index is 0.390. The van der Waals surface area contributed by atoms with Gasteiger partial charge in [-0.1, -0.05) is 27.7 Å². The topological polar surface area (TPSA) is 25.8 Å². The Hall–Kier alpha value is -0.630. The summed E-state index contributed by atoms with van der Waals surface area (Å²) >= 11 is 5.40. The highest BCUT2D eigenvalue weighted by Crippen LogP contribution is 1.90. The fourth-order valence-electron chi connectivity index (χ4n) is 0.399. The van der Waals surface area contributed by atoms with Crippen LogP contribution in [-0.4, -0.2) is 9.97 Å². The van der Waals surface area contributed by atoms with E-state index in [2.05, 4.69) is 9.97 Å². The summed E-state index contributed by atoms with van der Waals surface area (Å²) in [5.41, 5.74) is 0. The third-order valence-electron chi connectivity index (χ3n) is 0.739. The van der Waals surface area contributed by atoms with E-state index in [9.17, 15) is 0 Å². The molecule has 0 radical (unpaired) electrons. The molecular weight excluding hydrogens is 172 g/mol. The fourth-order valence-corrected chi connectivity index (χ4v) is 0.537. The maximum atomic E-state index is 5.40. The summed E-state index contributed by atoms with van der Waals surface area (Å²) in [6.07, 6.45) is 3.34. The summed E-state index contributed by atoms with van der Waals surface area (Å²) in [4.78, 5) is 7.71. The van der Waals surface area contributed by atoms with Gasteiger partial charge in [-0.25, -0.2) is 9.97 Å². The lowest BCUT2D eigenvalue weighted by atomic mass is 10.6. The standard InChI is InChI=1S/C5H5ClN2.2C2H6/c6-4-5-7-2-1-3-8-5;2*1-2/h1-3H,4H2;2*1-2H3. The molecule has 1 aromatic rings. The van der Waals surface area contributed by atoms with Crippen LogP contribution in [0.5, 0.6) is 0 Å². The Balaban J connectivity index is 0. The van der Waals surface area contributed by atoms with Crippen LogP contribution in [0, 0.1) is 0 Å². The molecule has 0 N–H and O–H groups in total. The molecule has 1 aromatic heterocycles. The molecule has 0 atom stereocenters. The van der Waals surface area contributed by atoms with E-state index in [0.29, 0.717) is 11.7 Å². The highest BCUT2D eigenvalue weighted by atomic mass is 35.5. The third-order valence-corrected chi connectivity index (χ3v) is 0.978. The van der Waals surface area contributed by atoms with Gasteiger partial charge in [-0.05, 0) is 6.07 Å². The van der Waals surface area contributed by atoms with E-state index in [1.807, 2.05) is 27.7 Å². The van der Waals surface area contributed by atoms with Crippen molar-refractivity contribution in [1.82, 2.24) is 9.97 Å². The van der Waals surface area contributed by atoms with Crippen LogP contribution in [0.4, 0.5) is 0 Å². The van der Waals surface area contributed by atoms with Crippen molar-refractivity contribution in [3.63, 3.8) is 0 Å². The summed E-state index contributed by atoms with van der Waals surface area (Å²) in [5, 5.41) is 0. The summed E-state index contributed by atoms with van der Waals surface area (Å²) in [5.74, 6) is 1.06. The van der Waals surface area contributed by atoms with E-state index >= 15 is 0 Å². The maximum Gasteiger partial charge on any atom is 0.142 e. The largest absolute Gasteiger partial charge is 0.240 e. The lowest BCUT2D eigenvalue weighted by Gasteiger charge is -1.86. The summed E-state index contributed by atoms with van der Waals surface area (Å²) in [6, 6.07) is 1.76. The Morgan fingerprint density at radius 2 is 1.50 bits per heavy atom. The lowest BCUT2D eigenvalue weighted by molar-refractivity contribution is 1.03. The molecule has 12 heavy (non-hydrogen) atoms.